The lowest BCUT2D eigenvalue weighted by Gasteiger charge is -2.29. The third-order valence-electron chi connectivity index (χ3n) is 7.64. The summed E-state index contributed by atoms with van der Waals surface area (Å²) in [6, 6.07) is 5.85. The van der Waals surface area contributed by atoms with Crippen LogP contribution in [0.5, 0.6) is 0 Å². The summed E-state index contributed by atoms with van der Waals surface area (Å²) in [7, 11) is 3.97. The highest BCUT2D eigenvalue weighted by Crippen LogP contribution is 2.25. The number of nitrogens with zero attached hydrogens (tertiary/aromatic N) is 3. The zero-order chi connectivity index (χ0) is 24.2. The molecule has 1 aliphatic heterocycles. The average Bonchev–Trinajstić information content (AvgIpc) is 3.05. The van der Waals surface area contributed by atoms with Crippen molar-refractivity contribution in [1.29, 1.82) is 0 Å². The van der Waals surface area contributed by atoms with Gasteiger partial charge in [0.15, 0.2) is 0 Å². The molecule has 2 aliphatic rings. The highest BCUT2D eigenvalue weighted by atomic mass is 16.2. The van der Waals surface area contributed by atoms with Crippen LogP contribution in [0.2, 0.25) is 0 Å². The molecule has 0 spiro atoms. The van der Waals surface area contributed by atoms with Crippen LogP contribution in [0, 0.1) is 5.92 Å². The number of carbonyl (C=O) groups excluding carboxylic acids is 2. The Hall–Kier alpha value is -2.45. The lowest BCUT2D eigenvalue weighted by molar-refractivity contribution is -0.135. The van der Waals surface area contributed by atoms with Crippen molar-refractivity contribution in [3.63, 3.8) is 0 Å². The summed E-state index contributed by atoms with van der Waals surface area (Å²) in [5.74, 6) is 0.129. The summed E-state index contributed by atoms with van der Waals surface area (Å²) in [4.78, 5) is 39.2. The molecule has 8 heteroatoms. The van der Waals surface area contributed by atoms with Gasteiger partial charge < -0.3 is 10.6 Å². The second-order valence-corrected chi connectivity index (χ2v) is 10.4. The van der Waals surface area contributed by atoms with Crippen LogP contribution in [0.15, 0.2) is 23.0 Å². The number of carbonyl (C=O) groups is 2. The maximum atomic E-state index is 12.9. The molecule has 1 aromatic heterocycles. The standard InChI is InChI=1S/C26H39N5O3/c1-29(17-19-7-10-20(27)11-8-19)15-5-3-4-6-18-9-12-21-23(16-18)30(2)26(34)31(21)22-13-14-24(32)28-25(22)33/h9,12,16,19-20,22H,3-8,10-11,13-15,17,27H2,1-2H3,(H,28,32,33)/t19-,20-,22?. The van der Waals surface area contributed by atoms with Crippen LogP contribution < -0.4 is 16.7 Å². The summed E-state index contributed by atoms with van der Waals surface area (Å²) in [5, 5.41) is 2.36. The van der Waals surface area contributed by atoms with Gasteiger partial charge in [0.2, 0.25) is 11.8 Å². The number of hydrogen-bond donors (Lipinski definition) is 2. The summed E-state index contributed by atoms with van der Waals surface area (Å²) in [6.07, 6.45) is 9.93. The molecule has 2 amide bonds. The van der Waals surface area contributed by atoms with E-state index in [9.17, 15) is 14.4 Å². The largest absolute Gasteiger partial charge is 0.329 e. The number of rotatable bonds is 9. The van der Waals surface area contributed by atoms with E-state index < -0.39 is 11.9 Å². The van der Waals surface area contributed by atoms with Gasteiger partial charge in [-0.15, -0.1) is 0 Å². The van der Waals surface area contributed by atoms with Crippen LogP contribution in [-0.4, -0.2) is 52.0 Å². The van der Waals surface area contributed by atoms with Crippen molar-refractivity contribution in [3.8, 4) is 0 Å². The van der Waals surface area contributed by atoms with Crippen LogP contribution in [0.25, 0.3) is 11.0 Å². The minimum Gasteiger partial charge on any atom is -0.328 e. The SMILES string of the molecule is CN(CCCCCc1ccc2c(c1)n(C)c(=O)n2C1CCC(=O)NC1=O)C[C@H]1CC[C@H](N)CC1. The Labute approximate surface area is 201 Å². The number of benzene rings is 1. The Morgan fingerprint density at radius 3 is 2.53 bits per heavy atom. The van der Waals surface area contributed by atoms with Crippen molar-refractivity contribution >= 4 is 22.8 Å². The highest BCUT2D eigenvalue weighted by Gasteiger charge is 2.31. The van der Waals surface area contributed by atoms with Gasteiger partial charge in [0.25, 0.3) is 0 Å². The molecule has 4 rings (SSSR count). The van der Waals surface area contributed by atoms with Crippen molar-refractivity contribution in [3.05, 3.63) is 34.2 Å². The van der Waals surface area contributed by atoms with Crippen molar-refractivity contribution in [2.45, 2.75) is 76.3 Å². The Morgan fingerprint density at radius 1 is 1.03 bits per heavy atom. The van der Waals surface area contributed by atoms with E-state index in [2.05, 4.69) is 29.4 Å². The van der Waals surface area contributed by atoms with Crippen LogP contribution in [-0.2, 0) is 23.1 Å². The number of nitrogens with two attached hydrogens (primary N) is 1. The number of unbranched alkanes of at least 4 members (excludes halogenated alkanes) is 2. The Morgan fingerprint density at radius 2 is 1.79 bits per heavy atom. The lowest BCUT2D eigenvalue weighted by Crippen LogP contribution is -2.44. The number of nitrogens with one attached hydrogen (secondary N) is 1. The molecule has 1 aromatic carbocycles. The average molecular weight is 470 g/mol. The predicted molar refractivity (Wildman–Crippen MR) is 134 cm³/mol. The molecule has 8 nitrogen and oxygen atoms in total. The molecule has 2 aromatic rings. The molecule has 1 atom stereocenters. The smallest absolute Gasteiger partial charge is 0.328 e. The summed E-state index contributed by atoms with van der Waals surface area (Å²) < 4.78 is 3.15. The lowest BCUT2D eigenvalue weighted by atomic mass is 9.86. The number of hydrogen-bond acceptors (Lipinski definition) is 5. The fourth-order valence-electron chi connectivity index (χ4n) is 5.58. The van der Waals surface area contributed by atoms with E-state index in [1.165, 1.54) is 55.2 Å². The Bertz CT molecular complexity index is 1080. The van der Waals surface area contributed by atoms with Gasteiger partial charge in [0.05, 0.1) is 11.0 Å². The molecule has 1 aliphatic carbocycles. The molecule has 0 radical (unpaired) electrons. The van der Waals surface area contributed by atoms with Crippen molar-refractivity contribution < 1.29 is 9.59 Å². The number of imide groups is 1. The van der Waals surface area contributed by atoms with Gasteiger partial charge in [-0.05, 0) is 88.6 Å². The van der Waals surface area contributed by atoms with Crippen molar-refractivity contribution in [1.82, 2.24) is 19.4 Å². The summed E-state index contributed by atoms with van der Waals surface area (Å²) in [6.45, 7) is 2.31. The van der Waals surface area contributed by atoms with Gasteiger partial charge in [-0.2, -0.15) is 0 Å². The van der Waals surface area contributed by atoms with Gasteiger partial charge in [0, 0.05) is 26.1 Å². The van der Waals surface area contributed by atoms with Gasteiger partial charge in [-0.25, -0.2) is 4.79 Å². The summed E-state index contributed by atoms with van der Waals surface area (Å²) in [5.41, 5.74) is 8.59. The quantitative estimate of drug-likeness (QED) is 0.434. The summed E-state index contributed by atoms with van der Waals surface area (Å²) >= 11 is 0. The van der Waals surface area contributed by atoms with Crippen LogP contribution >= 0.6 is 0 Å². The number of imidazole rings is 1. The fourth-order valence-corrected chi connectivity index (χ4v) is 5.58. The second kappa shape index (κ2) is 10.9. The van der Waals surface area contributed by atoms with E-state index in [1.54, 1.807) is 11.6 Å². The maximum absolute atomic E-state index is 12.9. The predicted octanol–water partition coefficient (Wildman–Crippen LogP) is 2.48. The molecule has 1 unspecified atom stereocenters. The first-order valence-corrected chi connectivity index (χ1v) is 12.8. The van der Waals surface area contributed by atoms with Crippen LogP contribution in [0.4, 0.5) is 0 Å². The molecule has 2 fully saturated rings. The first-order chi connectivity index (χ1) is 16.3. The third kappa shape index (κ3) is 5.61. The number of amides is 2. The van der Waals surface area contributed by atoms with Crippen LogP contribution in [0.3, 0.4) is 0 Å². The first-order valence-electron chi connectivity index (χ1n) is 12.8. The zero-order valence-corrected chi connectivity index (χ0v) is 20.6. The van der Waals surface area contributed by atoms with Gasteiger partial charge in [-0.3, -0.25) is 24.0 Å². The molecule has 34 heavy (non-hydrogen) atoms. The van der Waals surface area contributed by atoms with Crippen molar-refractivity contribution in [2.24, 2.45) is 18.7 Å². The number of fused-ring (bicyclic) bond motifs is 1. The van der Waals surface area contributed by atoms with Crippen molar-refractivity contribution in [2.75, 3.05) is 20.1 Å². The minimum atomic E-state index is -0.637. The second-order valence-electron chi connectivity index (χ2n) is 10.4. The Kier molecular flexibility index (Phi) is 7.88. The van der Waals surface area contributed by atoms with Crippen LogP contribution in [0.1, 0.15) is 69.4 Å². The molecule has 186 valence electrons. The highest BCUT2D eigenvalue weighted by molar-refractivity contribution is 6.00. The molecule has 0 bridgehead atoms. The molecule has 1 saturated heterocycles. The Balaban J connectivity index is 1.29. The van der Waals surface area contributed by atoms with E-state index in [-0.39, 0.29) is 18.0 Å². The number of aryl methyl sites for hydroxylation is 2. The third-order valence-corrected chi connectivity index (χ3v) is 7.64. The molecule has 1 saturated carbocycles. The van der Waals surface area contributed by atoms with E-state index in [4.69, 9.17) is 5.73 Å². The van der Waals surface area contributed by atoms with E-state index in [0.717, 1.165) is 36.3 Å². The van der Waals surface area contributed by atoms with Gasteiger partial charge in [-0.1, -0.05) is 12.5 Å². The number of aromatic nitrogens is 2. The number of piperidine rings is 1. The zero-order valence-electron chi connectivity index (χ0n) is 20.6. The normalized spacial score (nSPS) is 23.6. The molecular weight excluding hydrogens is 430 g/mol. The topological polar surface area (TPSA) is 102 Å². The van der Waals surface area contributed by atoms with Gasteiger partial charge >= 0.3 is 5.69 Å². The fraction of sp³-hybridized carbons (Fsp3) is 0.654. The molecule has 2 heterocycles. The first kappa shape index (κ1) is 24.7. The van der Waals surface area contributed by atoms with E-state index in [1.807, 2.05) is 6.07 Å². The molecule has 3 N–H and O–H groups in total. The van der Waals surface area contributed by atoms with E-state index >= 15 is 0 Å². The monoisotopic (exact) mass is 469 g/mol. The molecular formula is C26H39N5O3. The van der Waals surface area contributed by atoms with E-state index in [0.29, 0.717) is 12.5 Å². The minimum absolute atomic E-state index is 0.218. The maximum Gasteiger partial charge on any atom is 0.329 e. The van der Waals surface area contributed by atoms with Gasteiger partial charge in [0.1, 0.15) is 6.04 Å².